The number of benzene rings is 1. The molecule has 1 aromatic rings. The molecule has 0 radical (unpaired) electrons. The summed E-state index contributed by atoms with van der Waals surface area (Å²) in [5.74, 6) is 1.98. The van der Waals surface area contributed by atoms with Crippen LogP contribution < -0.4 is 15.0 Å². The second-order valence-corrected chi connectivity index (χ2v) is 10.6. The van der Waals surface area contributed by atoms with Crippen molar-refractivity contribution in [1.82, 2.24) is 10.2 Å². The van der Waals surface area contributed by atoms with Crippen molar-refractivity contribution in [3.05, 3.63) is 24.3 Å². The van der Waals surface area contributed by atoms with Crippen LogP contribution in [-0.4, -0.2) is 77.7 Å². The van der Waals surface area contributed by atoms with Gasteiger partial charge in [-0.1, -0.05) is 19.9 Å². The molecular formula is C21H37IN4O3S. The smallest absolute Gasteiger partial charge is 0.194 e. The predicted molar refractivity (Wildman–Crippen MR) is 136 cm³/mol. The number of halogens is 1. The topological polar surface area (TPSA) is 74.2 Å². The van der Waals surface area contributed by atoms with Crippen LogP contribution in [0.2, 0.25) is 0 Å². The van der Waals surface area contributed by atoms with Crippen LogP contribution in [0.25, 0.3) is 0 Å². The lowest BCUT2D eigenvalue weighted by atomic mass is 9.90. The first-order valence-corrected chi connectivity index (χ1v) is 12.3. The fraction of sp³-hybridized carbons (Fsp3) is 0.667. The van der Waals surface area contributed by atoms with Gasteiger partial charge >= 0.3 is 0 Å². The van der Waals surface area contributed by atoms with E-state index in [2.05, 4.69) is 48.0 Å². The van der Waals surface area contributed by atoms with Crippen molar-refractivity contribution in [3.63, 3.8) is 0 Å². The number of hydrogen-bond acceptors (Lipinski definition) is 5. The number of ether oxygens (including phenoxy) is 1. The van der Waals surface area contributed by atoms with Gasteiger partial charge < -0.3 is 19.9 Å². The van der Waals surface area contributed by atoms with Crippen LogP contribution in [0.4, 0.5) is 5.69 Å². The first kappa shape index (κ1) is 26.8. The number of methoxy groups -OCH3 is 1. The van der Waals surface area contributed by atoms with Gasteiger partial charge in [0.25, 0.3) is 0 Å². The summed E-state index contributed by atoms with van der Waals surface area (Å²) in [5.41, 5.74) is 1.01. The molecular weight excluding hydrogens is 515 g/mol. The van der Waals surface area contributed by atoms with Crippen molar-refractivity contribution >= 4 is 45.5 Å². The Morgan fingerprint density at radius 3 is 2.47 bits per heavy atom. The monoisotopic (exact) mass is 552 g/mol. The van der Waals surface area contributed by atoms with E-state index in [0.717, 1.165) is 44.4 Å². The Kier molecular flexibility index (Phi) is 10.7. The van der Waals surface area contributed by atoms with Crippen LogP contribution in [0.5, 0.6) is 5.75 Å². The van der Waals surface area contributed by atoms with Crippen molar-refractivity contribution in [2.24, 2.45) is 10.4 Å². The summed E-state index contributed by atoms with van der Waals surface area (Å²) in [7, 11) is -1.27. The molecule has 0 atom stereocenters. The molecule has 0 unspecified atom stereocenters. The molecule has 7 nitrogen and oxygen atoms in total. The Labute approximate surface area is 199 Å². The quantitative estimate of drug-likeness (QED) is 0.304. The molecule has 0 aromatic heterocycles. The van der Waals surface area contributed by atoms with E-state index in [1.54, 1.807) is 7.11 Å². The molecule has 1 aliphatic heterocycles. The SMILES string of the molecule is CCNC(=NCC(C)(C)CCS(C)(=O)=O)N1CCN(c2cccc(OC)c2)CC1.I. The van der Waals surface area contributed by atoms with Gasteiger partial charge in [-0.15, -0.1) is 24.0 Å². The van der Waals surface area contributed by atoms with E-state index in [9.17, 15) is 8.42 Å². The summed E-state index contributed by atoms with van der Waals surface area (Å²) >= 11 is 0. The number of rotatable bonds is 8. The first-order chi connectivity index (χ1) is 13.6. The van der Waals surface area contributed by atoms with Crippen LogP contribution in [0, 0.1) is 5.41 Å². The van der Waals surface area contributed by atoms with E-state index in [4.69, 9.17) is 9.73 Å². The third-order valence-corrected chi connectivity index (χ3v) is 6.08. The molecule has 0 amide bonds. The summed E-state index contributed by atoms with van der Waals surface area (Å²) in [6.07, 6.45) is 1.90. The van der Waals surface area contributed by atoms with Gasteiger partial charge in [0, 0.05) is 57.3 Å². The molecule has 0 saturated carbocycles. The molecule has 0 aliphatic carbocycles. The molecule has 1 aliphatic rings. The number of nitrogens with one attached hydrogen (secondary N) is 1. The molecule has 2 rings (SSSR count). The van der Waals surface area contributed by atoms with Gasteiger partial charge in [0.05, 0.1) is 12.9 Å². The fourth-order valence-corrected chi connectivity index (χ4v) is 4.16. The van der Waals surface area contributed by atoms with Gasteiger partial charge in [-0.2, -0.15) is 0 Å². The van der Waals surface area contributed by atoms with E-state index in [1.165, 1.54) is 11.9 Å². The van der Waals surface area contributed by atoms with Crippen molar-refractivity contribution < 1.29 is 13.2 Å². The minimum absolute atomic E-state index is 0. The number of nitrogens with zero attached hydrogens (tertiary/aromatic N) is 3. The van der Waals surface area contributed by atoms with Crippen LogP contribution in [0.3, 0.4) is 0 Å². The van der Waals surface area contributed by atoms with Crippen molar-refractivity contribution in [3.8, 4) is 5.75 Å². The second kappa shape index (κ2) is 12.0. The molecule has 1 heterocycles. The highest BCUT2D eigenvalue weighted by Gasteiger charge is 2.23. The number of sulfone groups is 1. The largest absolute Gasteiger partial charge is 0.497 e. The first-order valence-electron chi connectivity index (χ1n) is 10.2. The average molecular weight is 553 g/mol. The van der Waals surface area contributed by atoms with Crippen molar-refractivity contribution in [2.45, 2.75) is 27.2 Å². The molecule has 1 aromatic carbocycles. The Bertz CT molecular complexity index is 791. The van der Waals surface area contributed by atoms with Crippen LogP contribution in [0.15, 0.2) is 29.3 Å². The Balaban J connectivity index is 0.00000450. The zero-order valence-electron chi connectivity index (χ0n) is 18.8. The lowest BCUT2D eigenvalue weighted by Gasteiger charge is -2.38. The zero-order chi connectivity index (χ0) is 21.5. The van der Waals surface area contributed by atoms with Gasteiger partial charge in [0.2, 0.25) is 0 Å². The standard InChI is InChI=1S/C21H36N4O3S.HI/c1-6-22-20(23-17-21(2,3)10-15-29(5,26)27)25-13-11-24(12-14-25)18-8-7-9-19(16-18)28-4;/h7-9,16H,6,10-15,17H2,1-5H3,(H,22,23);1H. The highest BCUT2D eigenvalue weighted by Crippen LogP contribution is 2.23. The summed E-state index contributed by atoms with van der Waals surface area (Å²) in [5, 5.41) is 3.39. The minimum atomic E-state index is -2.95. The number of aliphatic imine (C=N–C) groups is 1. The molecule has 9 heteroatoms. The molecule has 30 heavy (non-hydrogen) atoms. The Morgan fingerprint density at radius 2 is 1.90 bits per heavy atom. The van der Waals surface area contributed by atoms with Crippen molar-refractivity contribution in [1.29, 1.82) is 0 Å². The third-order valence-electron chi connectivity index (χ3n) is 5.14. The predicted octanol–water partition coefficient (Wildman–Crippen LogP) is 2.86. The summed E-state index contributed by atoms with van der Waals surface area (Å²) in [6.45, 7) is 11.2. The van der Waals surface area contributed by atoms with E-state index in [-0.39, 0.29) is 35.1 Å². The lowest BCUT2D eigenvalue weighted by Crippen LogP contribution is -2.52. The molecule has 1 fully saturated rings. The van der Waals surface area contributed by atoms with Gasteiger partial charge in [-0.05, 0) is 30.9 Å². The summed E-state index contributed by atoms with van der Waals surface area (Å²) < 4.78 is 28.3. The Hall–Kier alpha value is -1.23. The van der Waals surface area contributed by atoms with Gasteiger partial charge in [-0.25, -0.2) is 8.42 Å². The van der Waals surface area contributed by atoms with Crippen LogP contribution in [0.1, 0.15) is 27.2 Å². The zero-order valence-corrected chi connectivity index (χ0v) is 22.0. The maximum absolute atomic E-state index is 11.5. The maximum atomic E-state index is 11.5. The molecule has 1 N–H and O–H groups in total. The van der Waals surface area contributed by atoms with E-state index < -0.39 is 9.84 Å². The maximum Gasteiger partial charge on any atom is 0.194 e. The number of anilines is 1. The average Bonchev–Trinajstić information content (AvgIpc) is 2.69. The van der Waals surface area contributed by atoms with Crippen molar-refractivity contribution in [2.75, 3.05) is 63.3 Å². The lowest BCUT2D eigenvalue weighted by molar-refractivity contribution is 0.348. The minimum Gasteiger partial charge on any atom is -0.497 e. The van der Waals surface area contributed by atoms with Gasteiger partial charge in [0.1, 0.15) is 15.6 Å². The third kappa shape index (κ3) is 8.87. The Morgan fingerprint density at radius 1 is 1.23 bits per heavy atom. The van der Waals surface area contributed by atoms with E-state index >= 15 is 0 Å². The molecule has 1 saturated heterocycles. The highest BCUT2D eigenvalue weighted by atomic mass is 127. The highest BCUT2D eigenvalue weighted by molar-refractivity contribution is 14.0. The van der Waals surface area contributed by atoms with Crippen LogP contribution in [-0.2, 0) is 9.84 Å². The molecule has 0 spiro atoms. The number of piperazine rings is 1. The number of guanidine groups is 1. The van der Waals surface area contributed by atoms with Gasteiger partial charge in [-0.3, -0.25) is 4.99 Å². The molecule has 172 valence electrons. The second-order valence-electron chi connectivity index (χ2n) is 8.39. The van der Waals surface area contributed by atoms with Gasteiger partial charge in [0.15, 0.2) is 5.96 Å². The summed E-state index contributed by atoms with van der Waals surface area (Å²) in [6, 6.07) is 8.16. The normalized spacial score (nSPS) is 15.6. The fourth-order valence-electron chi connectivity index (χ4n) is 3.24. The molecule has 0 bridgehead atoms. The summed E-state index contributed by atoms with van der Waals surface area (Å²) in [4.78, 5) is 9.48. The van der Waals surface area contributed by atoms with E-state index in [1.807, 2.05) is 12.1 Å². The van der Waals surface area contributed by atoms with Crippen LogP contribution >= 0.6 is 24.0 Å². The number of hydrogen-bond donors (Lipinski definition) is 1. The van der Waals surface area contributed by atoms with E-state index in [0.29, 0.717) is 13.0 Å².